The van der Waals surface area contributed by atoms with Gasteiger partial charge in [-0.25, -0.2) is 10.3 Å². The molecular formula is C6H11BrN2O2. The first-order valence-corrected chi connectivity index (χ1v) is 3.95. The topological polar surface area (TPSA) is 50.4 Å². The van der Waals surface area contributed by atoms with Gasteiger partial charge in [0.2, 0.25) is 0 Å². The molecule has 11 heavy (non-hydrogen) atoms. The second kappa shape index (κ2) is 6.18. The van der Waals surface area contributed by atoms with Crippen molar-refractivity contribution in [3.8, 4) is 0 Å². The second-order valence-corrected chi connectivity index (χ2v) is 2.86. The molecular weight excluding hydrogens is 212 g/mol. The van der Waals surface area contributed by atoms with Crippen LogP contribution in [0.15, 0.2) is 11.1 Å². The normalized spacial score (nSPS) is 8.91. The highest BCUT2D eigenvalue weighted by molar-refractivity contribution is 9.11. The molecule has 0 saturated heterocycles. The van der Waals surface area contributed by atoms with Gasteiger partial charge in [0.05, 0.1) is 13.2 Å². The van der Waals surface area contributed by atoms with Gasteiger partial charge in [0.25, 0.3) is 0 Å². The highest BCUT2D eigenvalue weighted by Crippen LogP contribution is 1.95. The molecule has 64 valence electrons. The molecule has 0 unspecified atom stereocenters. The minimum atomic E-state index is -0.368. The van der Waals surface area contributed by atoms with Gasteiger partial charge in [-0.3, -0.25) is 4.84 Å². The van der Waals surface area contributed by atoms with Crippen molar-refractivity contribution >= 4 is 22.0 Å². The number of rotatable bonds is 4. The summed E-state index contributed by atoms with van der Waals surface area (Å²) in [5, 5.41) is 2.50. The van der Waals surface area contributed by atoms with Gasteiger partial charge in [0.1, 0.15) is 0 Å². The van der Waals surface area contributed by atoms with Crippen molar-refractivity contribution in [2.24, 2.45) is 0 Å². The molecule has 0 atom stereocenters. The van der Waals surface area contributed by atoms with Crippen molar-refractivity contribution in [2.45, 2.75) is 6.92 Å². The van der Waals surface area contributed by atoms with Crippen LogP contribution in [0.2, 0.25) is 0 Å². The summed E-state index contributed by atoms with van der Waals surface area (Å²) in [7, 11) is 0. The van der Waals surface area contributed by atoms with Crippen LogP contribution in [-0.4, -0.2) is 19.2 Å². The van der Waals surface area contributed by atoms with E-state index in [4.69, 9.17) is 0 Å². The number of amides is 2. The molecule has 0 radical (unpaired) electrons. The Morgan fingerprint density at radius 1 is 1.73 bits per heavy atom. The van der Waals surface area contributed by atoms with Gasteiger partial charge >= 0.3 is 6.03 Å². The zero-order chi connectivity index (χ0) is 8.69. The van der Waals surface area contributed by atoms with Crippen LogP contribution in [0.4, 0.5) is 4.79 Å². The number of halogens is 1. The third-order valence-corrected chi connectivity index (χ3v) is 1.03. The molecule has 0 saturated carbocycles. The molecule has 0 bridgehead atoms. The first kappa shape index (κ1) is 10.4. The van der Waals surface area contributed by atoms with E-state index in [0.717, 1.165) is 0 Å². The summed E-state index contributed by atoms with van der Waals surface area (Å²) in [6, 6.07) is -0.368. The molecule has 0 spiro atoms. The maximum Gasteiger partial charge on any atom is 0.338 e. The Hall–Kier alpha value is -0.550. The molecule has 2 amide bonds. The van der Waals surface area contributed by atoms with E-state index in [1.165, 1.54) is 0 Å². The third kappa shape index (κ3) is 7.35. The van der Waals surface area contributed by atoms with Crippen molar-refractivity contribution in [3.05, 3.63) is 11.1 Å². The summed E-state index contributed by atoms with van der Waals surface area (Å²) < 4.78 is 0.712. The van der Waals surface area contributed by atoms with Gasteiger partial charge in [0, 0.05) is 4.48 Å². The van der Waals surface area contributed by atoms with Crippen molar-refractivity contribution in [1.29, 1.82) is 0 Å². The molecule has 5 heteroatoms. The van der Waals surface area contributed by atoms with Crippen LogP contribution in [-0.2, 0) is 4.84 Å². The molecule has 0 aromatic heterocycles. The van der Waals surface area contributed by atoms with E-state index in [-0.39, 0.29) is 6.03 Å². The zero-order valence-electron chi connectivity index (χ0n) is 6.32. The molecule has 0 rings (SSSR count). The van der Waals surface area contributed by atoms with Crippen LogP contribution < -0.4 is 10.8 Å². The van der Waals surface area contributed by atoms with Gasteiger partial charge in [-0.15, -0.1) is 0 Å². The molecule has 0 aliphatic rings. The highest BCUT2D eigenvalue weighted by atomic mass is 79.9. The fraction of sp³-hybridized carbons (Fsp3) is 0.500. The highest BCUT2D eigenvalue weighted by Gasteiger charge is 1.96. The van der Waals surface area contributed by atoms with E-state index in [1.54, 1.807) is 6.92 Å². The molecule has 0 heterocycles. The van der Waals surface area contributed by atoms with E-state index in [1.807, 2.05) is 0 Å². The first-order chi connectivity index (χ1) is 5.16. The van der Waals surface area contributed by atoms with Crippen molar-refractivity contribution in [2.75, 3.05) is 13.2 Å². The summed E-state index contributed by atoms with van der Waals surface area (Å²) in [4.78, 5) is 15.3. The Bertz CT molecular complexity index is 150. The van der Waals surface area contributed by atoms with Crippen LogP contribution in [0.25, 0.3) is 0 Å². The molecule has 2 N–H and O–H groups in total. The van der Waals surface area contributed by atoms with Crippen molar-refractivity contribution in [1.82, 2.24) is 10.8 Å². The number of hydrogen-bond acceptors (Lipinski definition) is 2. The Labute approximate surface area is 74.1 Å². The SMILES string of the molecule is C=C(Br)CNC(=O)NOCC. The van der Waals surface area contributed by atoms with Gasteiger partial charge in [-0.05, 0) is 6.92 Å². The second-order valence-electron chi connectivity index (χ2n) is 1.74. The molecule has 0 fully saturated rings. The van der Waals surface area contributed by atoms with Crippen LogP contribution in [0.3, 0.4) is 0 Å². The number of carbonyl (C=O) groups is 1. The fourth-order valence-electron chi connectivity index (χ4n) is 0.350. The van der Waals surface area contributed by atoms with Crippen molar-refractivity contribution < 1.29 is 9.63 Å². The lowest BCUT2D eigenvalue weighted by Gasteiger charge is -2.04. The van der Waals surface area contributed by atoms with Gasteiger partial charge in [-0.2, -0.15) is 0 Å². The molecule has 0 aromatic carbocycles. The predicted octanol–water partition coefficient (Wildman–Crippen LogP) is 1.15. The van der Waals surface area contributed by atoms with E-state index >= 15 is 0 Å². The molecule has 4 nitrogen and oxygen atoms in total. The van der Waals surface area contributed by atoms with E-state index in [2.05, 4.69) is 38.1 Å². The van der Waals surface area contributed by atoms with Gasteiger partial charge in [0.15, 0.2) is 0 Å². The summed E-state index contributed by atoms with van der Waals surface area (Å²) in [5.74, 6) is 0. The third-order valence-electron chi connectivity index (χ3n) is 0.750. The number of hydroxylamine groups is 1. The lowest BCUT2D eigenvalue weighted by molar-refractivity contribution is 0.0710. The summed E-state index contributed by atoms with van der Waals surface area (Å²) >= 11 is 3.09. The van der Waals surface area contributed by atoms with E-state index < -0.39 is 0 Å². The Kier molecular flexibility index (Phi) is 5.87. The van der Waals surface area contributed by atoms with Crippen LogP contribution in [0.5, 0.6) is 0 Å². The van der Waals surface area contributed by atoms with Crippen LogP contribution >= 0.6 is 15.9 Å². The first-order valence-electron chi connectivity index (χ1n) is 3.15. The lowest BCUT2D eigenvalue weighted by Crippen LogP contribution is -2.35. The Morgan fingerprint density at radius 3 is 2.82 bits per heavy atom. The Morgan fingerprint density at radius 2 is 2.36 bits per heavy atom. The standard InChI is InChI=1S/C6H11BrN2O2/c1-3-11-9-6(10)8-4-5(2)7/h2-4H2,1H3,(H2,8,9,10). The quantitative estimate of drug-likeness (QED) is 0.702. The Balaban J connectivity index is 3.30. The number of nitrogens with one attached hydrogen (secondary N) is 2. The van der Waals surface area contributed by atoms with E-state index in [0.29, 0.717) is 17.6 Å². The summed E-state index contributed by atoms with van der Waals surface area (Å²) in [6.07, 6.45) is 0. The van der Waals surface area contributed by atoms with Gasteiger partial charge in [-0.1, -0.05) is 22.5 Å². The maximum absolute atomic E-state index is 10.7. The smallest absolute Gasteiger partial charge is 0.332 e. The fourth-order valence-corrected chi connectivity index (χ4v) is 0.490. The lowest BCUT2D eigenvalue weighted by atomic mass is 10.6. The summed E-state index contributed by atoms with van der Waals surface area (Å²) in [6.45, 7) is 6.16. The average molecular weight is 223 g/mol. The molecule has 0 aliphatic heterocycles. The van der Waals surface area contributed by atoms with E-state index in [9.17, 15) is 4.79 Å². The molecule has 0 aliphatic carbocycles. The predicted molar refractivity (Wildman–Crippen MR) is 46.2 cm³/mol. The maximum atomic E-state index is 10.7. The van der Waals surface area contributed by atoms with Crippen LogP contribution in [0.1, 0.15) is 6.92 Å². The monoisotopic (exact) mass is 222 g/mol. The minimum absolute atomic E-state index is 0.368. The number of carbonyl (C=O) groups excluding carboxylic acids is 1. The number of urea groups is 1. The average Bonchev–Trinajstić information content (AvgIpc) is 1.97. The zero-order valence-corrected chi connectivity index (χ0v) is 7.90. The molecule has 0 aromatic rings. The minimum Gasteiger partial charge on any atom is -0.332 e. The van der Waals surface area contributed by atoms with Crippen LogP contribution in [0, 0.1) is 0 Å². The number of hydrogen-bond donors (Lipinski definition) is 2. The van der Waals surface area contributed by atoms with Gasteiger partial charge < -0.3 is 5.32 Å². The largest absolute Gasteiger partial charge is 0.338 e. The summed E-state index contributed by atoms with van der Waals surface area (Å²) in [5.41, 5.74) is 2.18. The van der Waals surface area contributed by atoms with Crippen molar-refractivity contribution in [3.63, 3.8) is 0 Å².